The summed E-state index contributed by atoms with van der Waals surface area (Å²) in [4.78, 5) is 23.0. The third-order valence-electron chi connectivity index (χ3n) is 6.04. The van der Waals surface area contributed by atoms with E-state index in [0.717, 1.165) is 52.6 Å². The summed E-state index contributed by atoms with van der Waals surface area (Å²) in [6, 6.07) is 7.72. The van der Waals surface area contributed by atoms with Crippen LogP contribution in [0.5, 0.6) is 0 Å². The molecule has 4 aromatic rings. The summed E-state index contributed by atoms with van der Waals surface area (Å²) in [7, 11) is 3.99. The van der Waals surface area contributed by atoms with Gasteiger partial charge < -0.3 is 10.3 Å². The van der Waals surface area contributed by atoms with Crippen LogP contribution in [0.25, 0.3) is 21.8 Å². The lowest BCUT2D eigenvalue weighted by molar-refractivity contribution is 0.102. The molecule has 1 aliphatic heterocycles. The van der Waals surface area contributed by atoms with E-state index in [4.69, 9.17) is 11.6 Å². The topological polar surface area (TPSA) is 78.8 Å². The van der Waals surface area contributed by atoms with E-state index in [0.29, 0.717) is 16.4 Å². The van der Waals surface area contributed by atoms with Gasteiger partial charge in [-0.05, 0) is 45.5 Å². The van der Waals surface area contributed by atoms with E-state index < -0.39 is 0 Å². The van der Waals surface area contributed by atoms with Crippen molar-refractivity contribution in [3.63, 3.8) is 0 Å². The maximum atomic E-state index is 12.8. The van der Waals surface area contributed by atoms with Gasteiger partial charge in [-0.25, -0.2) is 4.98 Å². The van der Waals surface area contributed by atoms with Crippen LogP contribution in [0.15, 0.2) is 30.5 Å². The van der Waals surface area contributed by atoms with Crippen LogP contribution in [-0.2, 0) is 7.05 Å². The number of hydrogen-bond donors (Lipinski definition) is 2. The highest BCUT2D eigenvalue weighted by Gasteiger charge is 2.27. The van der Waals surface area contributed by atoms with E-state index in [2.05, 4.69) is 32.3 Å². The maximum Gasteiger partial charge on any atom is 0.256 e. The van der Waals surface area contributed by atoms with Gasteiger partial charge in [-0.1, -0.05) is 17.7 Å². The number of nitrogens with zero attached hydrogens (tertiary/aromatic N) is 4. The van der Waals surface area contributed by atoms with Crippen LogP contribution in [0.4, 0.5) is 5.82 Å². The molecule has 1 aliphatic rings. The van der Waals surface area contributed by atoms with Crippen molar-refractivity contribution in [2.75, 3.05) is 18.9 Å². The summed E-state index contributed by atoms with van der Waals surface area (Å²) < 4.78 is 1.79. The molecule has 2 N–H and O–H groups in total. The third kappa shape index (κ3) is 3.05. The van der Waals surface area contributed by atoms with E-state index in [9.17, 15) is 4.79 Å². The van der Waals surface area contributed by atoms with Crippen LogP contribution in [0.1, 0.15) is 40.6 Å². The molecule has 8 heteroatoms. The fourth-order valence-corrected chi connectivity index (χ4v) is 4.74. The number of likely N-dealkylation sites (tertiary alicyclic amines) is 1. The Morgan fingerprint density at radius 2 is 2.10 bits per heavy atom. The molecule has 0 bridgehead atoms. The van der Waals surface area contributed by atoms with Crippen LogP contribution in [0, 0.1) is 6.92 Å². The smallest absolute Gasteiger partial charge is 0.256 e. The number of carbonyl (C=O) groups is 1. The first kappa shape index (κ1) is 19.1. The van der Waals surface area contributed by atoms with Crippen molar-refractivity contribution in [2.24, 2.45) is 7.05 Å². The Bertz CT molecular complexity index is 1290. The number of halogens is 1. The molecule has 30 heavy (non-hydrogen) atoms. The number of hydrogen-bond acceptors (Lipinski definition) is 4. The number of carbonyl (C=O) groups excluding carboxylic acids is 1. The van der Waals surface area contributed by atoms with Crippen LogP contribution in [0.2, 0.25) is 5.02 Å². The number of anilines is 1. The summed E-state index contributed by atoms with van der Waals surface area (Å²) in [6.07, 6.45) is 3.96. The van der Waals surface area contributed by atoms with Crippen molar-refractivity contribution in [3.05, 3.63) is 52.4 Å². The quantitative estimate of drug-likeness (QED) is 0.512. The van der Waals surface area contributed by atoms with E-state index in [1.54, 1.807) is 10.9 Å². The van der Waals surface area contributed by atoms with Crippen molar-refractivity contribution in [1.82, 2.24) is 24.6 Å². The molecule has 3 aromatic heterocycles. The van der Waals surface area contributed by atoms with Crippen molar-refractivity contribution in [3.8, 4) is 0 Å². The number of fused-ring (bicyclic) bond motifs is 2. The second-order valence-electron chi connectivity index (χ2n) is 8.00. The number of pyridine rings is 1. The third-order valence-corrected chi connectivity index (χ3v) is 6.45. The molecular formula is C22H23ClN6O. The standard InChI is InChI=1S/C22H23ClN6O/c1-12-14-7-6-13(9-18(14)29(3)27-12)22(30)26-19-10-16-15(11-24-19)20(23)21(25-16)17-5-4-8-28(17)2/h6-7,9-11,17,25H,4-5,8H2,1-3H3,(H,24,26,30)/t17-/m0/s1. The van der Waals surface area contributed by atoms with Gasteiger partial charge in [0, 0.05) is 35.6 Å². The summed E-state index contributed by atoms with van der Waals surface area (Å²) in [5, 5.41) is 9.93. The molecule has 1 aromatic carbocycles. The minimum atomic E-state index is -0.212. The van der Waals surface area contributed by atoms with E-state index >= 15 is 0 Å². The van der Waals surface area contributed by atoms with Gasteiger partial charge in [0.2, 0.25) is 0 Å². The Morgan fingerprint density at radius 1 is 1.27 bits per heavy atom. The Hall–Kier alpha value is -2.90. The van der Waals surface area contributed by atoms with Gasteiger partial charge in [0.05, 0.1) is 33.5 Å². The van der Waals surface area contributed by atoms with Gasteiger partial charge in [-0.2, -0.15) is 5.10 Å². The average Bonchev–Trinajstić information content (AvgIpc) is 3.37. The number of aryl methyl sites for hydroxylation is 2. The highest BCUT2D eigenvalue weighted by Crippen LogP contribution is 2.38. The van der Waals surface area contributed by atoms with E-state index in [1.807, 2.05) is 38.2 Å². The number of aromatic nitrogens is 4. The Balaban J connectivity index is 1.44. The normalized spacial score (nSPS) is 17.3. The first-order valence-corrected chi connectivity index (χ1v) is 10.4. The molecule has 1 fully saturated rings. The zero-order chi connectivity index (χ0) is 21.0. The number of aromatic amines is 1. The van der Waals surface area contributed by atoms with Crippen molar-refractivity contribution in [2.45, 2.75) is 25.8 Å². The highest BCUT2D eigenvalue weighted by atomic mass is 35.5. The molecule has 0 unspecified atom stereocenters. The number of amides is 1. The monoisotopic (exact) mass is 422 g/mol. The summed E-state index contributed by atoms with van der Waals surface area (Å²) >= 11 is 6.64. The van der Waals surface area contributed by atoms with Crippen molar-refractivity contribution >= 4 is 45.1 Å². The maximum absolute atomic E-state index is 12.8. The second-order valence-corrected chi connectivity index (χ2v) is 8.38. The second kappa shape index (κ2) is 7.11. The molecule has 1 atom stereocenters. The molecule has 0 radical (unpaired) electrons. The fourth-order valence-electron chi connectivity index (χ4n) is 4.42. The molecule has 0 aliphatic carbocycles. The fraction of sp³-hybridized carbons (Fsp3) is 0.318. The van der Waals surface area contributed by atoms with Gasteiger partial charge in [-0.15, -0.1) is 0 Å². The Kier molecular flexibility index (Phi) is 4.52. The van der Waals surface area contributed by atoms with E-state index in [-0.39, 0.29) is 11.9 Å². The van der Waals surface area contributed by atoms with Gasteiger partial charge in [0.15, 0.2) is 0 Å². The average molecular weight is 423 g/mol. The van der Waals surface area contributed by atoms with Gasteiger partial charge in [-0.3, -0.25) is 14.4 Å². The predicted molar refractivity (Wildman–Crippen MR) is 119 cm³/mol. The summed E-state index contributed by atoms with van der Waals surface area (Å²) in [5.41, 5.74) is 4.32. The Morgan fingerprint density at radius 3 is 2.87 bits per heavy atom. The summed E-state index contributed by atoms with van der Waals surface area (Å²) in [6.45, 7) is 3.02. The predicted octanol–water partition coefficient (Wildman–Crippen LogP) is 4.43. The SMILES string of the molecule is Cc1nn(C)c2cc(C(=O)Nc3cc4[nH]c([C@@H]5CCCN5C)c(Cl)c4cn3)ccc12. The Labute approximate surface area is 179 Å². The van der Waals surface area contributed by atoms with Crippen molar-refractivity contribution in [1.29, 1.82) is 0 Å². The number of nitrogens with one attached hydrogen (secondary N) is 2. The number of rotatable bonds is 3. The molecule has 5 rings (SSSR count). The van der Waals surface area contributed by atoms with Gasteiger partial charge in [0.25, 0.3) is 5.91 Å². The van der Waals surface area contributed by atoms with Gasteiger partial charge in [0.1, 0.15) is 5.82 Å². The van der Waals surface area contributed by atoms with Crippen LogP contribution >= 0.6 is 11.6 Å². The zero-order valence-corrected chi connectivity index (χ0v) is 17.9. The zero-order valence-electron chi connectivity index (χ0n) is 17.2. The van der Waals surface area contributed by atoms with Gasteiger partial charge >= 0.3 is 0 Å². The molecule has 1 saturated heterocycles. The molecule has 1 amide bonds. The molecular weight excluding hydrogens is 400 g/mol. The molecule has 154 valence electrons. The first-order chi connectivity index (χ1) is 14.4. The molecule has 0 spiro atoms. The minimum Gasteiger partial charge on any atom is -0.356 e. The number of benzene rings is 1. The molecule has 7 nitrogen and oxygen atoms in total. The highest BCUT2D eigenvalue weighted by molar-refractivity contribution is 6.36. The number of H-pyrrole nitrogens is 1. The molecule has 0 saturated carbocycles. The molecule has 4 heterocycles. The largest absolute Gasteiger partial charge is 0.356 e. The van der Waals surface area contributed by atoms with Crippen molar-refractivity contribution < 1.29 is 4.79 Å². The lowest BCUT2D eigenvalue weighted by atomic mass is 10.1. The lowest BCUT2D eigenvalue weighted by Gasteiger charge is -2.18. The lowest BCUT2D eigenvalue weighted by Crippen LogP contribution is -2.17. The van der Waals surface area contributed by atoms with Crippen LogP contribution in [0.3, 0.4) is 0 Å². The first-order valence-electron chi connectivity index (χ1n) is 10.0. The van der Waals surface area contributed by atoms with E-state index in [1.165, 1.54) is 0 Å². The summed E-state index contributed by atoms with van der Waals surface area (Å²) in [5.74, 6) is 0.272. The van der Waals surface area contributed by atoms with Crippen LogP contribution < -0.4 is 5.32 Å². The minimum absolute atomic E-state index is 0.212. The van der Waals surface area contributed by atoms with Crippen LogP contribution in [-0.4, -0.2) is 44.1 Å².